The van der Waals surface area contributed by atoms with Gasteiger partial charge in [-0.05, 0) is 42.0 Å². The molecule has 3 nitrogen and oxygen atoms in total. The van der Waals surface area contributed by atoms with E-state index in [1.165, 1.54) is 11.1 Å². The lowest BCUT2D eigenvalue weighted by Crippen LogP contribution is -2.25. The minimum atomic E-state index is -0.158. The van der Waals surface area contributed by atoms with Crippen LogP contribution < -0.4 is 5.32 Å². The van der Waals surface area contributed by atoms with Crippen LogP contribution in [0.1, 0.15) is 48.2 Å². The number of aryl methyl sites for hydroxylation is 1. The van der Waals surface area contributed by atoms with E-state index in [-0.39, 0.29) is 11.3 Å². The molecule has 0 atom stereocenters. The molecule has 1 aromatic carbocycles. The molecule has 2 rings (SSSR count). The van der Waals surface area contributed by atoms with Crippen LogP contribution in [-0.2, 0) is 11.8 Å². The van der Waals surface area contributed by atoms with Gasteiger partial charge in [-0.1, -0.05) is 45.0 Å². The Morgan fingerprint density at radius 3 is 2.29 bits per heavy atom. The molecule has 0 aliphatic heterocycles. The number of furan rings is 1. The molecule has 0 unspecified atom stereocenters. The summed E-state index contributed by atoms with van der Waals surface area (Å²) in [5.41, 5.74) is 2.71. The van der Waals surface area contributed by atoms with Gasteiger partial charge in [-0.15, -0.1) is 0 Å². The summed E-state index contributed by atoms with van der Waals surface area (Å²) >= 11 is 0. The summed E-state index contributed by atoms with van der Waals surface area (Å²) in [5.74, 6) is 0.961. The molecule has 1 aromatic heterocycles. The third-order valence-corrected chi connectivity index (χ3v) is 3.48. The molecule has 0 aliphatic carbocycles. The van der Waals surface area contributed by atoms with E-state index in [1.807, 2.05) is 6.92 Å². The Hall–Kier alpha value is -2.03. The van der Waals surface area contributed by atoms with Crippen molar-refractivity contribution in [3.05, 3.63) is 59.0 Å². The molecule has 0 aliphatic rings. The monoisotopic (exact) mass is 285 g/mol. The topological polar surface area (TPSA) is 42.2 Å². The van der Waals surface area contributed by atoms with Crippen LogP contribution in [0.25, 0.3) is 0 Å². The van der Waals surface area contributed by atoms with Gasteiger partial charge >= 0.3 is 0 Å². The molecule has 0 radical (unpaired) electrons. The average Bonchev–Trinajstić information content (AvgIpc) is 2.85. The summed E-state index contributed by atoms with van der Waals surface area (Å²) in [6.07, 6.45) is 0.815. The van der Waals surface area contributed by atoms with Gasteiger partial charge in [0.1, 0.15) is 5.76 Å². The summed E-state index contributed by atoms with van der Waals surface area (Å²) in [6.45, 7) is 9.04. The highest BCUT2D eigenvalue weighted by molar-refractivity contribution is 5.91. The maximum atomic E-state index is 11.8. The maximum absolute atomic E-state index is 11.8. The lowest BCUT2D eigenvalue weighted by atomic mass is 9.86. The van der Waals surface area contributed by atoms with Crippen molar-refractivity contribution >= 4 is 5.91 Å². The fourth-order valence-corrected chi connectivity index (χ4v) is 2.14. The predicted molar refractivity (Wildman–Crippen MR) is 84.6 cm³/mol. The van der Waals surface area contributed by atoms with E-state index in [0.29, 0.717) is 12.3 Å². The number of rotatable bonds is 4. The molecule has 0 fully saturated rings. The molecular weight excluding hydrogens is 262 g/mol. The van der Waals surface area contributed by atoms with E-state index >= 15 is 0 Å². The van der Waals surface area contributed by atoms with Crippen LogP contribution in [0.4, 0.5) is 0 Å². The van der Waals surface area contributed by atoms with Gasteiger partial charge in [-0.3, -0.25) is 4.79 Å². The first-order valence-electron chi connectivity index (χ1n) is 7.30. The van der Waals surface area contributed by atoms with Gasteiger partial charge in [0.05, 0.1) is 0 Å². The van der Waals surface area contributed by atoms with Gasteiger partial charge in [0.15, 0.2) is 5.76 Å². The van der Waals surface area contributed by atoms with Gasteiger partial charge in [0.25, 0.3) is 5.91 Å². The van der Waals surface area contributed by atoms with Crippen molar-refractivity contribution in [3.63, 3.8) is 0 Å². The second-order valence-electron chi connectivity index (χ2n) is 6.36. The fourth-order valence-electron chi connectivity index (χ4n) is 2.14. The van der Waals surface area contributed by atoms with Gasteiger partial charge in [-0.25, -0.2) is 0 Å². The van der Waals surface area contributed by atoms with E-state index in [4.69, 9.17) is 4.42 Å². The molecule has 0 bridgehead atoms. The van der Waals surface area contributed by atoms with Crippen molar-refractivity contribution in [1.29, 1.82) is 0 Å². The highest BCUT2D eigenvalue weighted by Gasteiger charge is 2.13. The second kappa shape index (κ2) is 6.17. The highest BCUT2D eigenvalue weighted by Crippen LogP contribution is 2.22. The van der Waals surface area contributed by atoms with E-state index < -0.39 is 0 Å². The summed E-state index contributed by atoms with van der Waals surface area (Å²) < 4.78 is 5.29. The Morgan fingerprint density at radius 1 is 1.10 bits per heavy atom. The molecule has 0 saturated carbocycles. The lowest BCUT2D eigenvalue weighted by molar-refractivity contribution is 0.0925. The van der Waals surface area contributed by atoms with Crippen LogP contribution in [0.3, 0.4) is 0 Å². The summed E-state index contributed by atoms with van der Waals surface area (Å²) in [5, 5.41) is 2.87. The Labute approximate surface area is 126 Å². The first-order valence-corrected chi connectivity index (χ1v) is 7.30. The first-order chi connectivity index (χ1) is 9.86. The first kappa shape index (κ1) is 15.4. The average molecular weight is 285 g/mol. The van der Waals surface area contributed by atoms with Crippen LogP contribution in [0.15, 0.2) is 40.8 Å². The molecule has 2 aromatic rings. The number of hydrogen-bond donors (Lipinski definition) is 1. The highest BCUT2D eigenvalue weighted by atomic mass is 16.3. The van der Waals surface area contributed by atoms with Crippen LogP contribution in [0, 0.1) is 6.92 Å². The van der Waals surface area contributed by atoms with Gasteiger partial charge in [0.2, 0.25) is 0 Å². The number of nitrogens with one attached hydrogen (secondary N) is 1. The number of hydrogen-bond acceptors (Lipinski definition) is 2. The zero-order chi connectivity index (χ0) is 15.5. The van der Waals surface area contributed by atoms with Crippen molar-refractivity contribution in [2.24, 2.45) is 0 Å². The van der Waals surface area contributed by atoms with Gasteiger partial charge < -0.3 is 9.73 Å². The third kappa shape index (κ3) is 4.22. The molecule has 21 heavy (non-hydrogen) atoms. The second-order valence-corrected chi connectivity index (χ2v) is 6.36. The molecule has 112 valence electrons. The van der Waals surface area contributed by atoms with Crippen LogP contribution >= 0.6 is 0 Å². The normalized spacial score (nSPS) is 11.4. The van der Waals surface area contributed by atoms with Crippen LogP contribution in [0.2, 0.25) is 0 Å². The fraction of sp³-hybridized carbons (Fsp3) is 0.389. The van der Waals surface area contributed by atoms with Crippen LogP contribution in [-0.4, -0.2) is 12.5 Å². The van der Waals surface area contributed by atoms with Crippen molar-refractivity contribution in [2.75, 3.05) is 6.54 Å². The van der Waals surface area contributed by atoms with Crippen molar-refractivity contribution in [1.82, 2.24) is 5.32 Å². The van der Waals surface area contributed by atoms with Crippen molar-refractivity contribution < 1.29 is 9.21 Å². The predicted octanol–water partition coefficient (Wildman–Crippen LogP) is 3.86. The van der Waals surface area contributed by atoms with Crippen molar-refractivity contribution in [3.8, 4) is 0 Å². The molecule has 0 saturated heterocycles. The quantitative estimate of drug-likeness (QED) is 0.927. The van der Waals surface area contributed by atoms with Gasteiger partial charge in [0, 0.05) is 6.54 Å². The number of benzene rings is 1. The number of amides is 1. The third-order valence-electron chi connectivity index (χ3n) is 3.48. The molecule has 1 heterocycles. The molecule has 1 N–H and O–H groups in total. The van der Waals surface area contributed by atoms with Crippen LogP contribution in [0.5, 0.6) is 0 Å². The Morgan fingerprint density at radius 2 is 1.76 bits per heavy atom. The summed E-state index contributed by atoms with van der Waals surface area (Å²) in [6, 6.07) is 12.1. The number of carbonyl (C=O) groups excluding carboxylic acids is 1. The molecular formula is C18H23NO2. The smallest absolute Gasteiger partial charge is 0.287 e. The summed E-state index contributed by atoms with van der Waals surface area (Å²) in [7, 11) is 0. The largest absolute Gasteiger partial charge is 0.456 e. The molecule has 3 heteroatoms. The Kier molecular flexibility index (Phi) is 4.51. The standard InChI is InChI=1S/C18H23NO2/c1-13-5-10-16(21-13)17(20)19-12-11-14-6-8-15(9-7-14)18(2,3)4/h5-10H,11-12H2,1-4H3,(H,19,20). The zero-order valence-electron chi connectivity index (χ0n) is 13.2. The zero-order valence-corrected chi connectivity index (χ0v) is 13.2. The molecule has 1 amide bonds. The minimum Gasteiger partial charge on any atom is -0.456 e. The van der Waals surface area contributed by atoms with Gasteiger partial charge in [-0.2, -0.15) is 0 Å². The van der Waals surface area contributed by atoms with E-state index in [9.17, 15) is 4.79 Å². The Bertz CT molecular complexity index is 603. The molecule has 0 spiro atoms. The summed E-state index contributed by atoms with van der Waals surface area (Å²) in [4.78, 5) is 11.8. The van der Waals surface area contributed by atoms with Crippen molar-refractivity contribution in [2.45, 2.75) is 39.5 Å². The van der Waals surface area contributed by atoms with E-state index in [2.05, 4.69) is 50.4 Å². The Balaban J connectivity index is 1.85. The maximum Gasteiger partial charge on any atom is 0.287 e. The number of carbonyl (C=O) groups is 1. The lowest BCUT2D eigenvalue weighted by Gasteiger charge is -2.19. The minimum absolute atomic E-state index is 0.158. The van der Waals surface area contributed by atoms with E-state index in [1.54, 1.807) is 12.1 Å². The SMILES string of the molecule is Cc1ccc(C(=O)NCCc2ccc(C(C)(C)C)cc2)o1. The van der Waals surface area contributed by atoms with E-state index in [0.717, 1.165) is 12.2 Å².